The number of halogens is 3. The summed E-state index contributed by atoms with van der Waals surface area (Å²) in [5, 5.41) is 3.86. The van der Waals surface area contributed by atoms with Crippen molar-refractivity contribution in [3.63, 3.8) is 0 Å². The van der Waals surface area contributed by atoms with Crippen molar-refractivity contribution in [3.05, 3.63) is 40.9 Å². The van der Waals surface area contributed by atoms with Crippen LogP contribution in [0.4, 0.5) is 4.39 Å². The van der Waals surface area contributed by atoms with E-state index in [-0.39, 0.29) is 22.3 Å². The number of aromatic nitrogens is 2. The Morgan fingerprint density at radius 2 is 1.95 bits per heavy atom. The molecule has 108 valence electrons. The number of methoxy groups -OCH3 is 1. The van der Waals surface area contributed by atoms with E-state index >= 15 is 0 Å². The van der Waals surface area contributed by atoms with Crippen LogP contribution in [0.1, 0.15) is 5.69 Å². The third kappa shape index (κ3) is 2.95. The standard InChI is InChI=1S/C11H9Cl2FN2O3S/c1-19-6-9-10(20(13,17)18)11(12)16(15-9)8-4-2-7(14)3-5-8/h2-5H,6H2,1H3. The number of benzene rings is 1. The van der Waals surface area contributed by atoms with Crippen molar-refractivity contribution in [2.45, 2.75) is 11.5 Å². The maximum Gasteiger partial charge on any atom is 0.266 e. The summed E-state index contributed by atoms with van der Waals surface area (Å²) in [6.45, 7) is -0.0742. The third-order valence-electron chi connectivity index (χ3n) is 2.45. The highest BCUT2D eigenvalue weighted by Crippen LogP contribution is 2.30. The molecule has 0 aliphatic rings. The average Bonchev–Trinajstić information content (AvgIpc) is 2.67. The van der Waals surface area contributed by atoms with Crippen molar-refractivity contribution >= 4 is 31.3 Å². The molecular weight excluding hydrogens is 330 g/mol. The summed E-state index contributed by atoms with van der Waals surface area (Å²) in [6, 6.07) is 5.24. The van der Waals surface area contributed by atoms with Crippen molar-refractivity contribution in [2.75, 3.05) is 7.11 Å². The van der Waals surface area contributed by atoms with Gasteiger partial charge in [0.1, 0.15) is 16.4 Å². The molecule has 2 aromatic rings. The Morgan fingerprint density at radius 3 is 2.45 bits per heavy atom. The van der Waals surface area contributed by atoms with Crippen LogP contribution in [-0.4, -0.2) is 25.3 Å². The van der Waals surface area contributed by atoms with Crippen LogP contribution in [0, 0.1) is 5.82 Å². The first kappa shape index (κ1) is 15.2. The minimum absolute atomic E-state index is 0.0742. The third-order valence-corrected chi connectivity index (χ3v) is 4.29. The minimum atomic E-state index is -4.08. The van der Waals surface area contributed by atoms with Gasteiger partial charge in [0.25, 0.3) is 9.05 Å². The summed E-state index contributed by atoms with van der Waals surface area (Å²) in [7, 11) is 2.66. The second-order valence-electron chi connectivity index (χ2n) is 3.83. The fraction of sp³-hybridized carbons (Fsp3) is 0.182. The van der Waals surface area contributed by atoms with Gasteiger partial charge in [-0.05, 0) is 24.3 Å². The summed E-state index contributed by atoms with van der Waals surface area (Å²) in [5.41, 5.74) is 0.483. The first-order valence-corrected chi connectivity index (χ1v) is 8.00. The molecule has 0 radical (unpaired) electrons. The van der Waals surface area contributed by atoms with E-state index in [1.807, 2.05) is 0 Å². The average molecular weight is 339 g/mol. The molecule has 1 heterocycles. The number of hydrogen-bond donors (Lipinski definition) is 0. The summed E-state index contributed by atoms with van der Waals surface area (Å²) in [4.78, 5) is -0.313. The molecule has 0 N–H and O–H groups in total. The van der Waals surface area contributed by atoms with E-state index < -0.39 is 14.9 Å². The maximum atomic E-state index is 12.9. The van der Waals surface area contributed by atoms with Gasteiger partial charge in [0, 0.05) is 17.8 Å². The minimum Gasteiger partial charge on any atom is -0.378 e. The molecule has 0 bridgehead atoms. The molecule has 5 nitrogen and oxygen atoms in total. The fourth-order valence-electron chi connectivity index (χ4n) is 1.65. The van der Waals surface area contributed by atoms with Crippen molar-refractivity contribution in [1.82, 2.24) is 9.78 Å². The number of ether oxygens (including phenoxy) is 1. The van der Waals surface area contributed by atoms with E-state index in [9.17, 15) is 12.8 Å². The molecule has 0 saturated heterocycles. The number of nitrogens with zero attached hydrogens (tertiary/aromatic N) is 2. The van der Waals surface area contributed by atoms with E-state index in [2.05, 4.69) is 5.10 Å². The van der Waals surface area contributed by atoms with Crippen LogP contribution in [0.3, 0.4) is 0 Å². The smallest absolute Gasteiger partial charge is 0.266 e. The topological polar surface area (TPSA) is 61.2 Å². The Kier molecular flexibility index (Phi) is 4.33. The van der Waals surface area contributed by atoms with Crippen LogP contribution in [0.2, 0.25) is 5.15 Å². The molecule has 2 rings (SSSR count). The molecule has 0 amide bonds. The molecule has 9 heteroatoms. The number of hydrogen-bond acceptors (Lipinski definition) is 4. The van der Waals surface area contributed by atoms with Crippen molar-refractivity contribution in [1.29, 1.82) is 0 Å². The van der Waals surface area contributed by atoms with Crippen LogP contribution >= 0.6 is 22.3 Å². The van der Waals surface area contributed by atoms with Crippen LogP contribution < -0.4 is 0 Å². The second kappa shape index (κ2) is 5.69. The summed E-state index contributed by atoms with van der Waals surface area (Å²) < 4.78 is 42.0. The maximum absolute atomic E-state index is 12.9. The highest BCUT2D eigenvalue weighted by Gasteiger charge is 2.26. The second-order valence-corrected chi connectivity index (χ2v) is 6.69. The molecule has 0 fully saturated rings. The van der Waals surface area contributed by atoms with E-state index in [0.717, 1.165) is 4.68 Å². The number of rotatable bonds is 4. The van der Waals surface area contributed by atoms with E-state index in [0.29, 0.717) is 5.69 Å². The Labute approximate surface area is 124 Å². The van der Waals surface area contributed by atoms with Crippen molar-refractivity contribution in [3.8, 4) is 5.69 Å². The zero-order valence-electron chi connectivity index (χ0n) is 10.2. The predicted octanol–water partition coefficient (Wildman–Crippen LogP) is 2.74. The predicted molar refractivity (Wildman–Crippen MR) is 72.3 cm³/mol. The fourth-order valence-corrected chi connectivity index (χ4v) is 3.47. The lowest BCUT2D eigenvalue weighted by molar-refractivity contribution is 0.179. The van der Waals surface area contributed by atoms with Crippen LogP contribution in [0.5, 0.6) is 0 Å². The van der Waals surface area contributed by atoms with Gasteiger partial charge in [0.05, 0.1) is 12.3 Å². The summed E-state index contributed by atoms with van der Waals surface area (Å²) in [5.74, 6) is -0.431. The SMILES string of the molecule is COCc1nn(-c2ccc(F)cc2)c(Cl)c1S(=O)(=O)Cl. The van der Waals surface area contributed by atoms with Crippen molar-refractivity contribution in [2.24, 2.45) is 0 Å². The Balaban J connectivity index is 2.64. The summed E-state index contributed by atoms with van der Waals surface area (Å²) in [6.07, 6.45) is 0. The van der Waals surface area contributed by atoms with E-state index in [4.69, 9.17) is 27.0 Å². The van der Waals surface area contributed by atoms with Gasteiger partial charge in [-0.2, -0.15) is 5.10 Å². The molecule has 0 aliphatic carbocycles. The Morgan fingerprint density at radius 1 is 1.35 bits per heavy atom. The molecular formula is C11H9Cl2FN2O3S. The first-order valence-electron chi connectivity index (χ1n) is 5.31. The zero-order valence-corrected chi connectivity index (χ0v) is 12.5. The molecule has 0 atom stereocenters. The zero-order chi connectivity index (χ0) is 14.9. The van der Waals surface area contributed by atoms with Crippen LogP contribution in [0.25, 0.3) is 5.69 Å². The van der Waals surface area contributed by atoms with Gasteiger partial charge in [-0.15, -0.1) is 0 Å². The largest absolute Gasteiger partial charge is 0.378 e. The van der Waals surface area contributed by atoms with Gasteiger partial charge in [0.2, 0.25) is 0 Å². The lowest BCUT2D eigenvalue weighted by Gasteiger charge is -2.02. The lowest BCUT2D eigenvalue weighted by atomic mass is 10.3. The van der Waals surface area contributed by atoms with E-state index in [1.54, 1.807) is 0 Å². The van der Waals surface area contributed by atoms with Crippen LogP contribution in [0.15, 0.2) is 29.2 Å². The van der Waals surface area contributed by atoms with Gasteiger partial charge in [-0.1, -0.05) is 11.6 Å². The lowest BCUT2D eigenvalue weighted by Crippen LogP contribution is -1.98. The van der Waals surface area contributed by atoms with Gasteiger partial charge < -0.3 is 4.74 Å². The molecule has 20 heavy (non-hydrogen) atoms. The monoisotopic (exact) mass is 338 g/mol. The Bertz CT molecular complexity index is 729. The molecule has 0 unspecified atom stereocenters. The quantitative estimate of drug-likeness (QED) is 0.804. The molecule has 1 aromatic carbocycles. The van der Waals surface area contributed by atoms with Crippen molar-refractivity contribution < 1.29 is 17.5 Å². The highest BCUT2D eigenvalue weighted by molar-refractivity contribution is 8.13. The molecule has 1 aromatic heterocycles. The molecule has 0 aliphatic heterocycles. The van der Waals surface area contributed by atoms with Gasteiger partial charge in [0.15, 0.2) is 5.15 Å². The summed E-state index contributed by atoms with van der Waals surface area (Å²) >= 11 is 6.01. The van der Waals surface area contributed by atoms with Crippen LogP contribution in [-0.2, 0) is 20.4 Å². The highest BCUT2D eigenvalue weighted by atomic mass is 35.7. The van der Waals surface area contributed by atoms with E-state index in [1.165, 1.54) is 31.4 Å². The molecule has 0 saturated carbocycles. The van der Waals surface area contributed by atoms with Gasteiger partial charge in [-0.3, -0.25) is 0 Å². The first-order chi connectivity index (χ1) is 9.34. The normalized spacial score (nSPS) is 11.8. The Hall–Kier alpha value is -1.15. The van der Waals surface area contributed by atoms with Gasteiger partial charge >= 0.3 is 0 Å². The van der Waals surface area contributed by atoms with Gasteiger partial charge in [-0.25, -0.2) is 17.5 Å². The molecule has 0 spiro atoms.